The summed E-state index contributed by atoms with van der Waals surface area (Å²) < 4.78 is 6.80. The second kappa shape index (κ2) is 5.29. The average molecular weight is 263 g/mol. The summed E-state index contributed by atoms with van der Waals surface area (Å²) in [6.07, 6.45) is 0.977. The molecule has 1 heterocycles. The Kier molecular flexibility index (Phi) is 3.93. The Bertz CT molecular complexity index is 518. The molecule has 18 heavy (non-hydrogen) atoms. The number of methoxy groups -OCH3 is 1. The van der Waals surface area contributed by atoms with Crippen LogP contribution in [0.3, 0.4) is 0 Å². The number of thiophene rings is 1. The quantitative estimate of drug-likeness (QED) is 0.856. The van der Waals surface area contributed by atoms with Crippen LogP contribution >= 0.6 is 11.3 Å². The molecule has 0 saturated carbocycles. The van der Waals surface area contributed by atoms with Crippen molar-refractivity contribution in [3.05, 3.63) is 29.6 Å². The molecule has 1 unspecified atom stereocenters. The highest BCUT2D eigenvalue weighted by molar-refractivity contribution is 7.17. The highest BCUT2D eigenvalue weighted by Gasteiger charge is 2.19. The summed E-state index contributed by atoms with van der Waals surface area (Å²) in [7, 11) is 1.77. The van der Waals surface area contributed by atoms with E-state index in [0.29, 0.717) is 6.04 Å². The Morgan fingerprint density at radius 3 is 2.83 bits per heavy atom. The monoisotopic (exact) mass is 263 g/mol. The number of anilines is 1. The fraction of sp³-hybridized carbons (Fsp3) is 0.467. The summed E-state index contributed by atoms with van der Waals surface area (Å²) >= 11 is 1.78. The van der Waals surface area contributed by atoms with Crippen molar-refractivity contribution in [2.45, 2.75) is 38.8 Å². The Labute approximate surface area is 113 Å². The molecule has 0 spiro atoms. The molecule has 0 amide bonds. The number of rotatable bonds is 5. The third-order valence-electron chi connectivity index (χ3n) is 3.22. The molecule has 1 atom stereocenters. The van der Waals surface area contributed by atoms with Crippen molar-refractivity contribution in [1.82, 2.24) is 0 Å². The van der Waals surface area contributed by atoms with E-state index in [9.17, 15) is 0 Å². The molecule has 3 heteroatoms. The lowest BCUT2D eigenvalue weighted by Crippen LogP contribution is -2.31. The zero-order chi connectivity index (χ0) is 13.2. The van der Waals surface area contributed by atoms with Crippen LogP contribution in [0.15, 0.2) is 29.6 Å². The number of benzene rings is 1. The van der Waals surface area contributed by atoms with Crippen LogP contribution in [-0.4, -0.2) is 18.8 Å². The zero-order valence-corrected chi connectivity index (χ0v) is 12.3. The van der Waals surface area contributed by atoms with Gasteiger partial charge < -0.3 is 10.1 Å². The molecular formula is C15H21NOS. The first-order chi connectivity index (χ1) is 8.50. The van der Waals surface area contributed by atoms with E-state index in [-0.39, 0.29) is 5.60 Å². The summed E-state index contributed by atoms with van der Waals surface area (Å²) in [5.74, 6) is 0. The lowest BCUT2D eigenvalue weighted by atomic mass is 9.99. The molecule has 0 fully saturated rings. The van der Waals surface area contributed by atoms with Gasteiger partial charge in [0.2, 0.25) is 0 Å². The van der Waals surface area contributed by atoms with Gasteiger partial charge >= 0.3 is 0 Å². The van der Waals surface area contributed by atoms with E-state index in [1.54, 1.807) is 18.4 Å². The zero-order valence-electron chi connectivity index (χ0n) is 11.5. The highest BCUT2D eigenvalue weighted by atomic mass is 32.1. The van der Waals surface area contributed by atoms with Gasteiger partial charge in [-0.05, 0) is 62.2 Å². The largest absolute Gasteiger partial charge is 0.382 e. The third-order valence-corrected chi connectivity index (χ3v) is 4.11. The number of hydrogen-bond donors (Lipinski definition) is 1. The Morgan fingerprint density at radius 1 is 1.33 bits per heavy atom. The molecule has 1 aromatic heterocycles. The van der Waals surface area contributed by atoms with Gasteiger partial charge in [0.05, 0.1) is 5.60 Å². The number of nitrogens with one attached hydrogen (secondary N) is 1. The Morgan fingerprint density at radius 2 is 2.11 bits per heavy atom. The summed E-state index contributed by atoms with van der Waals surface area (Å²) in [4.78, 5) is 0. The number of ether oxygens (including phenoxy) is 1. The van der Waals surface area contributed by atoms with E-state index >= 15 is 0 Å². The van der Waals surface area contributed by atoms with Crippen LogP contribution in [0.25, 0.3) is 10.1 Å². The average Bonchev–Trinajstić information content (AvgIpc) is 2.75. The Balaban J connectivity index is 2.04. The van der Waals surface area contributed by atoms with Crippen LogP contribution in [0.2, 0.25) is 0 Å². The summed E-state index contributed by atoms with van der Waals surface area (Å²) in [6.45, 7) is 6.43. The topological polar surface area (TPSA) is 21.3 Å². The van der Waals surface area contributed by atoms with E-state index in [2.05, 4.69) is 55.7 Å². The standard InChI is InChI=1S/C15H21NOS/c1-11(10-15(2,3)17-4)16-13-5-6-14-12(9-13)7-8-18-14/h5-9,11,16H,10H2,1-4H3. The van der Waals surface area contributed by atoms with Crippen LogP contribution in [0.1, 0.15) is 27.2 Å². The molecule has 1 aromatic carbocycles. The third kappa shape index (κ3) is 3.24. The van der Waals surface area contributed by atoms with Gasteiger partial charge in [-0.15, -0.1) is 11.3 Å². The van der Waals surface area contributed by atoms with Crippen molar-refractivity contribution in [2.75, 3.05) is 12.4 Å². The lowest BCUT2D eigenvalue weighted by molar-refractivity contribution is 0.0128. The van der Waals surface area contributed by atoms with Crippen LogP contribution in [0.4, 0.5) is 5.69 Å². The van der Waals surface area contributed by atoms with Gasteiger partial charge in [-0.25, -0.2) is 0 Å². The second-order valence-electron chi connectivity index (χ2n) is 5.39. The first kappa shape index (κ1) is 13.4. The molecule has 2 nitrogen and oxygen atoms in total. The van der Waals surface area contributed by atoms with E-state index in [1.807, 2.05) is 0 Å². The van der Waals surface area contributed by atoms with E-state index in [1.165, 1.54) is 15.8 Å². The molecular weight excluding hydrogens is 242 g/mol. The minimum atomic E-state index is -0.0844. The van der Waals surface area contributed by atoms with Crippen LogP contribution < -0.4 is 5.32 Å². The van der Waals surface area contributed by atoms with Gasteiger partial charge in [0.25, 0.3) is 0 Å². The highest BCUT2D eigenvalue weighted by Crippen LogP contribution is 2.25. The number of hydrogen-bond acceptors (Lipinski definition) is 3. The predicted octanol–water partition coefficient (Wildman–Crippen LogP) is 4.52. The van der Waals surface area contributed by atoms with Crippen molar-refractivity contribution in [2.24, 2.45) is 0 Å². The first-order valence-electron chi connectivity index (χ1n) is 6.29. The van der Waals surface area contributed by atoms with Gasteiger partial charge in [0, 0.05) is 23.5 Å². The maximum atomic E-state index is 5.47. The van der Waals surface area contributed by atoms with Crippen molar-refractivity contribution in [1.29, 1.82) is 0 Å². The number of fused-ring (bicyclic) bond motifs is 1. The van der Waals surface area contributed by atoms with Crippen LogP contribution in [0.5, 0.6) is 0 Å². The van der Waals surface area contributed by atoms with E-state index in [4.69, 9.17) is 4.74 Å². The molecule has 0 bridgehead atoms. The van der Waals surface area contributed by atoms with Gasteiger partial charge in [0.1, 0.15) is 0 Å². The normalized spacial score (nSPS) is 13.8. The molecule has 2 rings (SSSR count). The molecule has 0 aliphatic rings. The summed E-state index contributed by atoms with van der Waals surface area (Å²) in [5.41, 5.74) is 1.10. The molecule has 0 radical (unpaired) electrons. The van der Waals surface area contributed by atoms with E-state index in [0.717, 1.165) is 6.42 Å². The molecule has 2 aromatic rings. The van der Waals surface area contributed by atoms with Crippen molar-refractivity contribution >= 4 is 27.1 Å². The lowest BCUT2D eigenvalue weighted by Gasteiger charge is -2.27. The van der Waals surface area contributed by atoms with Crippen molar-refractivity contribution in [3.63, 3.8) is 0 Å². The van der Waals surface area contributed by atoms with Gasteiger partial charge in [-0.1, -0.05) is 0 Å². The van der Waals surface area contributed by atoms with Crippen molar-refractivity contribution in [3.8, 4) is 0 Å². The van der Waals surface area contributed by atoms with Crippen molar-refractivity contribution < 1.29 is 4.74 Å². The molecule has 0 aliphatic carbocycles. The molecule has 1 N–H and O–H groups in total. The van der Waals surface area contributed by atoms with Gasteiger partial charge in [-0.3, -0.25) is 0 Å². The first-order valence-corrected chi connectivity index (χ1v) is 7.17. The summed E-state index contributed by atoms with van der Waals surface area (Å²) in [5, 5.41) is 6.98. The maximum absolute atomic E-state index is 5.47. The smallest absolute Gasteiger partial charge is 0.0642 e. The SMILES string of the molecule is COC(C)(C)CC(C)Nc1ccc2sccc2c1. The maximum Gasteiger partial charge on any atom is 0.0642 e. The molecule has 98 valence electrons. The fourth-order valence-electron chi connectivity index (χ4n) is 2.21. The fourth-order valence-corrected chi connectivity index (χ4v) is 2.98. The minimum absolute atomic E-state index is 0.0844. The minimum Gasteiger partial charge on any atom is -0.382 e. The predicted molar refractivity (Wildman–Crippen MR) is 80.6 cm³/mol. The molecule has 0 aliphatic heterocycles. The second-order valence-corrected chi connectivity index (χ2v) is 6.33. The molecule has 0 saturated heterocycles. The Hall–Kier alpha value is -1.06. The van der Waals surface area contributed by atoms with Crippen LogP contribution in [0, 0.1) is 0 Å². The van der Waals surface area contributed by atoms with E-state index < -0.39 is 0 Å². The van der Waals surface area contributed by atoms with Gasteiger partial charge in [-0.2, -0.15) is 0 Å². The summed E-state index contributed by atoms with van der Waals surface area (Å²) in [6, 6.07) is 9.08. The van der Waals surface area contributed by atoms with Crippen LogP contribution in [-0.2, 0) is 4.74 Å². The van der Waals surface area contributed by atoms with Gasteiger partial charge in [0.15, 0.2) is 0 Å².